The fourth-order valence-corrected chi connectivity index (χ4v) is 2.47. The van der Waals surface area contributed by atoms with Crippen LogP contribution < -0.4 is 4.72 Å². The van der Waals surface area contributed by atoms with E-state index in [-0.39, 0.29) is 5.02 Å². The maximum atomic E-state index is 13.1. The van der Waals surface area contributed by atoms with Crippen molar-refractivity contribution in [3.05, 3.63) is 16.9 Å². The number of rotatable bonds is 3. The molecule has 3 nitrogen and oxygen atoms in total. The molecule has 0 radical (unpaired) electrons. The molecular formula is C10H11ClFNO2S. The molecule has 1 aliphatic rings. The Morgan fingerprint density at radius 1 is 1.38 bits per heavy atom. The SMILES string of the molecule is Oc1c(F)cc(SNC2CCC2)c(Cl)c1O. The van der Waals surface area contributed by atoms with Crippen molar-refractivity contribution in [1.82, 2.24) is 4.72 Å². The summed E-state index contributed by atoms with van der Waals surface area (Å²) >= 11 is 6.95. The molecule has 0 aromatic heterocycles. The molecule has 1 aliphatic carbocycles. The largest absolute Gasteiger partial charge is 0.503 e. The van der Waals surface area contributed by atoms with Crippen molar-refractivity contribution in [3.63, 3.8) is 0 Å². The summed E-state index contributed by atoms with van der Waals surface area (Å²) in [5, 5.41) is 18.4. The number of benzene rings is 1. The van der Waals surface area contributed by atoms with Gasteiger partial charge >= 0.3 is 0 Å². The average molecular weight is 264 g/mol. The van der Waals surface area contributed by atoms with E-state index in [4.69, 9.17) is 16.7 Å². The smallest absolute Gasteiger partial charge is 0.195 e. The Morgan fingerprint density at radius 2 is 2.06 bits per heavy atom. The van der Waals surface area contributed by atoms with Gasteiger partial charge in [0.25, 0.3) is 0 Å². The third-order valence-corrected chi connectivity index (χ3v) is 4.06. The summed E-state index contributed by atoms with van der Waals surface area (Å²) in [5.41, 5.74) is 0. The predicted octanol–water partition coefficient (Wildman–Crippen LogP) is 3.04. The van der Waals surface area contributed by atoms with Gasteiger partial charge in [-0.05, 0) is 30.9 Å². The van der Waals surface area contributed by atoms with Gasteiger partial charge < -0.3 is 10.2 Å². The highest BCUT2D eigenvalue weighted by Crippen LogP contribution is 2.41. The number of phenols is 2. The lowest BCUT2D eigenvalue weighted by atomic mass is 9.94. The first-order valence-electron chi connectivity index (χ1n) is 4.92. The highest BCUT2D eigenvalue weighted by molar-refractivity contribution is 7.97. The van der Waals surface area contributed by atoms with E-state index in [1.165, 1.54) is 18.4 Å². The zero-order valence-electron chi connectivity index (χ0n) is 8.33. The van der Waals surface area contributed by atoms with Crippen LogP contribution in [0.2, 0.25) is 5.02 Å². The van der Waals surface area contributed by atoms with Gasteiger partial charge in [-0.15, -0.1) is 0 Å². The van der Waals surface area contributed by atoms with E-state index in [0.29, 0.717) is 10.9 Å². The fourth-order valence-electron chi connectivity index (χ4n) is 1.33. The van der Waals surface area contributed by atoms with E-state index in [0.717, 1.165) is 18.9 Å². The van der Waals surface area contributed by atoms with Crippen LogP contribution in [0.25, 0.3) is 0 Å². The minimum Gasteiger partial charge on any atom is -0.503 e. The van der Waals surface area contributed by atoms with E-state index in [1.807, 2.05) is 0 Å². The van der Waals surface area contributed by atoms with Crippen molar-refractivity contribution in [2.45, 2.75) is 30.2 Å². The number of hydrogen-bond donors (Lipinski definition) is 3. The molecule has 0 saturated heterocycles. The molecule has 16 heavy (non-hydrogen) atoms. The van der Waals surface area contributed by atoms with Crippen LogP contribution >= 0.6 is 23.5 Å². The Hall–Kier alpha value is -0.650. The minimum atomic E-state index is -0.875. The quantitative estimate of drug-likeness (QED) is 0.580. The molecule has 1 aromatic rings. The van der Waals surface area contributed by atoms with E-state index in [9.17, 15) is 9.50 Å². The summed E-state index contributed by atoms with van der Waals surface area (Å²) in [6.45, 7) is 0. The molecule has 0 bridgehead atoms. The average Bonchev–Trinajstić information content (AvgIpc) is 2.20. The van der Waals surface area contributed by atoms with Gasteiger partial charge in [0.2, 0.25) is 0 Å². The normalized spacial score (nSPS) is 16.1. The Labute approximate surface area is 102 Å². The fraction of sp³-hybridized carbons (Fsp3) is 0.400. The second-order valence-electron chi connectivity index (χ2n) is 3.72. The first-order valence-corrected chi connectivity index (χ1v) is 6.11. The molecule has 1 fully saturated rings. The van der Waals surface area contributed by atoms with Crippen LogP contribution in [0.1, 0.15) is 19.3 Å². The third kappa shape index (κ3) is 2.21. The minimum absolute atomic E-state index is 0.0317. The monoisotopic (exact) mass is 263 g/mol. The summed E-state index contributed by atoms with van der Waals surface area (Å²) in [7, 11) is 0. The highest BCUT2D eigenvalue weighted by Gasteiger charge is 2.20. The summed E-state index contributed by atoms with van der Waals surface area (Å²) in [6.07, 6.45) is 3.38. The molecule has 0 aliphatic heterocycles. The second-order valence-corrected chi connectivity index (χ2v) is 4.97. The maximum Gasteiger partial charge on any atom is 0.195 e. The van der Waals surface area contributed by atoms with Crippen LogP contribution in [0.15, 0.2) is 11.0 Å². The van der Waals surface area contributed by atoms with Gasteiger partial charge in [-0.1, -0.05) is 18.0 Å². The maximum absolute atomic E-state index is 13.1. The zero-order chi connectivity index (χ0) is 11.7. The summed E-state index contributed by atoms with van der Waals surface area (Å²) in [5.74, 6) is -2.29. The predicted molar refractivity (Wildman–Crippen MR) is 61.4 cm³/mol. The van der Waals surface area contributed by atoms with Crippen molar-refractivity contribution in [2.75, 3.05) is 0 Å². The lowest BCUT2D eigenvalue weighted by Crippen LogP contribution is -2.29. The number of nitrogens with one attached hydrogen (secondary N) is 1. The van der Waals surface area contributed by atoms with Gasteiger partial charge in [-0.2, -0.15) is 0 Å². The summed E-state index contributed by atoms with van der Waals surface area (Å²) < 4.78 is 16.3. The molecule has 3 N–H and O–H groups in total. The van der Waals surface area contributed by atoms with Crippen molar-refractivity contribution < 1.29 is 14.6 Å². The van der Waals surface area contributed by atoms with Crippen LogP contribution in [-0.4, -0.2) is 16.3 Å². The standard InChI is InChI=1S/C10H11ClFNO2S/c11-8-7(16-13-5-2-1-3-5)4-6(12)9(14)10(8)15/h4-5,13-15H,1-3H2. The molecule has 2 rings (SSSR count). The number of hydrogen-bond acceptors (Lipinski definition) is 4. The van der Waals surface area contributed by atoms with E-state index in [1.54, 1.807) is 0 Å². The van der Waals surface area contributed by atoms with Gasteiger partial charge in [-0.25, -0.2) is 4.39 Å². The molecule has 0 amide bonds. The first-order chi connectivity index (χ1) is 7.59. The number of halogens is 2. The summed E-state index contributed by atoms with van der Waals surface area (Å²) in [4.78, 5) is 0.376. The molecule has 1 aromatic carbocycles. The van der Waals surface area contributed by atoms with Gasteiger partial charge in [0.1, 0.15) is 5.02 Å². The van der Waals surface area contributed by atoms with Gasteiger partial charge in [-0.3, -0.25) is 4.72 Å². The lowest BCUT2D eigenvalue weighted by Gasteiger charge is -2.25. The van der Waals surface area contributed by atoms with Crippen LogP contribution in [0.5, 0.6) is 11.5 Å². The van der Waals surface area contributed by atoms with Crippen LogP contribution in [0.4, 0.5) is 4.39 Å². The third-order valence-electron chi connectivity index (χ3n) is 2.57. The Balaban J connectivity index is 2.13. The molecule has 1 saturated carbocycles. The van der Waals surface area contributed by atoms with Gasteiger partial charge in [0.15, 0.2) is 17.3 Å². The van der Waals surface area contributed by atoms with Crippen LogP contribution in [0, 0.1) is 5.82 Å². The topological polar surface area (TPSA) is 52.5 Å². The molecule has 0 spiro atoms. The Morgan fingerprint density at radius 3 is 2.62 bits per heavy atom. The molecule has 0 atom stereocenters. The van der Waals surface area contributed by atoms with Crippen LogP contribution in [0.3, 0.4) is 0 Å². The second kappa shape index (κ2) is 4.69. The summed E-state index contributed by atoms with van der Waals surface area (Å²) in [6, 6.07) is 1.52. The first kappa shape index (κ1) is 11.8. The van der Waals surface area contributed by atoms with E-state index < -0.39 is 17.3 Å². The zero-order valence-corrected chi connectivity index (χ0v) is 9.91. The van der Waals surface area contributed by atoms with Gasteiger partial charge in [0, 0.05) is 10.9 Å². The van der Waals surface area contributed by atoms with Crippen molar-refractivity contribution >= 4 is 23.5 Å². The van der Waals surface area contributed by atoms with E-state index in [2.05, 4.69) is 4.72 Å². The van der Waals surface area contributed by atoms with Crippen molar-refractivity contribution in [1.29, 1.82) is 0 Å². The molecule has 88 valence electrons. The van der Waals surface area contributed by atoms with Crippen molar-refractivity contribution in [3.8, 4) is 11.5 Å². The Kier molecular flexibility index (Phi) is 3.47. The number of phenolic OH excluding ortho intramolecular Hbond substituents is 2. The van der Waals surface area contributed by atoms with Crippen LogP contribution in [-0.2, 0) is 0 Å². The number of aromatic hydroxyl groups is 2. The molecule has 0 heterocycles. The molecule has 0 unspecified atom stereocenters. The van der Waals surface area contributed by atoms with Gasteiger partial charge in [0.05, 0.1) is 0 Å². The lowest BCUT2D eigenvalue weighted by molar-refractivity contribution is 0.377. The Bertz CT molecular complexity index is 412. The highest BCUT2D eigenvalue weighted by atomic mass is 35.5. The molecule has 6 heteroatoms. The van der Waals surface area contributed by atoms with Crippen molar-refractivity contribution in [2.24, 2.45) is 0 Å². The molecular weight excluding hydrogens is 253 g/mol. The van der Waals surface area contributed by atoms with E-state index >= 15 is 0 Å².